The predicted octanol–water partition coefficient (Wildman–Crippen LogP) is 4.35. The maximum absolute atomic E-state index is 12.3. The van der Waals surface area contributed by atoms with Crippen molar-refractivity contribution in [3.05, 3.63) is 60.0 Å². The summed E-state index contributed by atoms with van der Waals surface area (Å²) in [7, 11) is 1.63. The first kappa shape index (κ1) is 17.4. The minimum absolute atomic E-state index is 0.210. The molecular weight excluding hydrogens is 344 g/mol. The van der Waals surface area contributed by atoms with Gasteiger partial charge in [0.2, 0.25) is 0 Å². The van der Waals surface area contributed by atoms with Crippen molar-refractivity contribution >= 4 is 17.2 Å². The monoisotopic (exact) mass is 366 g/mol. The molecule has 1 aliphatic heterocycles. The number of oxazole rings is 1. The third kappa shape index (κ3) is 3.89. The molecule has 0 atom stereocenters. The van der Waals surface area contributed by atoms with E-state index < -0.39 is 0 Å². The highest BCUT2D eigenvalue weighted by molar-refractivity contribution is 5.74. The Balaban J connectivity index is 1.33. The molecule has 27 heavy (non-hydrogen) atoms. The molecule has 1 fully saturated rings. The summed E-state index contributed by atoms with van der Waals surface area (Å²) in [6.07, 6.45) is 1.36. The highest BCUT2D eigenvalue weighted by atomic mass is 16.6. The van der Waals surface area contributed by atoms with Gasteiger partial charge >= 0.3 is 6.09 Å². The molecule has 1 saturated heterocycles. The van der Waals surface area contributed by atoms with Crippen molar-refractivity contribution in [1.82, 2.24) is 9.88 Å². The lowest BCUT2D eigenvalue weighted by Gasteiger charge is -2.29. The highest BCUT2D eigenvalue weighted by Gasteiger charge is 2.27. The van der Waals surface area contributed by atoms with Crippen LogP contribution in [-0.2, 0) is 11.3 Å². The van der Waals surface area contributed by atoms with Crippen LogP contribution in [0.3, 0.4) is 0 Å². The fourth-order valence-corrected chi connectivity index (χ4v) is 3.34. The molecule has 3 aromatic rings. The van der Waals surface area contributed by atoms with E-state index in [0.29, 0.717) is 19.7 Å². The van der Waals surface area contributed by atoms with Gasteiger partial charge in [0.05, 0.1) is 7.11 Å². The van der Waals surface area contributed by atoms with E-state index >= 15 is 0 Å². The van der Waals surface area contributed by atoms with Crippen molar-refractivity contribution in [2.45, 2.75) is 25.4 Å². The van der Waals surface area contributed by atoms with Crippen molar-refractivity contribution in [1.29, 1.82) is 0 Å². The number of fused-ring (bicyclic) bond motifs is 1. The lowest BCUT2D eigenvalue weighted by atomic mass is 9.97. The molecule has 6 heteroatoms. The Bertz CT molecular complexity index is 914. The largest absolute Gasteiger partial charge is 0.497 e. The molecule has 0 radical (unpaired) electrons. The molecule has 1 aliphatic rings. The average molecular weight is 366 g/mol. The highest BCUT2D eigenvalue weighted by Crippen LogP contribution is 2.31. The minimum Gasteiger partial charge on any atom is -0.497 e. The Morgan fingerprint density at radius 2 is 1.96 bits per heavy atom. The number of aromatic nitrogens is 1. The van der Waals surface area contributed by atoms with E-state index in [1.807, 2.05) is 48.5 Å². The van der Waals surface area contributed by atoms with Crippen molar-refractivity contribution < 1.29 is 18.7 Å². The van der Waals surface area contributed by atoms with E-state index in [1.54, 1.807) is 12.0 Å². The summed E-state index contributed by atoms with van der Waals surface area (Å²) in [4.78, 5) is 18.6. The zero-order valence-corrected chi connectivity index (χ0v) is 15.3. The molecule has 1 amide bonds. The number of benzene rings is 2. The second-order valence-corrected chi connectivity index (χ2v) is 6.69. The molecule has 0 bridgehead atoms. The number of rotatable bonds is 4. The molecule has 2 heterocycles. The van der Waals surface area contributed by atoms with Gasteiger partial charge in [0, 0.05) is 25.1 Å². The Hall–Kier alpha value is -3.02. The van der Waals surface area contributed by atoms with Crippen LogP contribution in [0.15, 0.2) is 52.9 Å². The van der Waals surface area contributed by atoms with Gasteiger partial charge in [-0.15, -0.1) is 0 Å². The van der Waals surface area contributed by atoms with Crippen LogP contribution in [0.5, 0.6) is 5.75 Å². The number of likely N-dealkylation sites (tertiary alicyclic amines) is 1. The Morgan fingerprint density at radius 3 is 2.70 bits per heavy atom. The van der Waals surface area contributed by atoms with Gasteiger partial charge in [0.15, 0.2) is 11.5 Å². The molecule has 140 valence electrons. The number of methoxy groups -OCH3 is 1. The number of amides is 1. The maximum Gasteiger partial charge on any atom is 0.410 e. The van der Waals surface area contributed by atoms with Crippen LogP contribution in [0.25, 0.3) is 11.1 Å². The van der Waals surface area contributed by atoms with Gasteiger partial charge in [-0.3, -0.25) is 0 Å². The Kier molecular flexibility index (Phi) is 4.96. The van der Waals surface area contributed by atoms with Crippen LogP contribution < -0.4 is 4.74 Å². The van der Waals surface area contributed by atoms with E-state index in [1.165, 1.54) is 0 Å². The first-order valence-corrected chi connectivity index (χ1v) is 9.13. The van der Waals surface area contributed by atoms with Crippen molar-refractivity contribution in [3.63, 3.8) is 0 Å². The molecule has 6 nitrogen and oxygen atoms in total. The normalized spacial score (nSPS) is 15.1. The third-order valence-electron chi connectivity index (χ3n) is 4.92. The SMILES string of the molecule is COc1ccc2nc(C3CCN(C(=O)OCc4ccccc4)CC3)oc2c1. The number of ether oxygens (including phenoxy) is 2. The lowest BCUT2D eigenvalue weighted by Crippen LogP contribution is -2.38. The fraction of sp³-hybridized carbons (Fsp3) is 0.333. The number of hydrogen-bond acceptors (Lipinski definition) is 5. The van der Waals surface area contributed by atoms with Crippen LogP contribution >= 0.6 is 0 Å². The van der Waals surface area contributed by atoms with Crippen LogP contribution in [0, 0.1) is 0 Å². The van der Waals surface area contributed by atoms with Gasteiger partial charge in [0.1, 0.15) is 17.9 Å². The predicted molar refractivity (Wildman–Crippen MR) is 101 cm³/mol. The van der Waals surface area contributed by atoms with Gasteiger partial charge in [-0.2, -0.15) is 0 Å². The number of carbonyl (C=O) groups excluding carboxylic acids is 1. The molecule has 0 saturated carbocycles. The zero-order valence-electron chi connectivity index (χ0n) is 15.3. The smallest absolute Gasteiger partial charge is 0.410 e. The first-order valence-electron chi connectivity index (χ1n) is 9.13. The van der Waals surface area contributed by atoms with Crippen LogP contribution in [0.2, 0.25) is 0 Å². The summed E-state index contributed by atoms with van der Waals surface area (Å²) < 4.78 is 16.6. The standard InChI is InChI=1S/C21H22N2O4/c1-25-17-7-8-18-19(13-17)27-20(22-18)16-9-11-23(12-10-16)21(24)26-14-15-5-3-2-4-6-15/h2-8,13,16H,9-12,14H2,1H3. The van der Waals surface area contributed by atoms with Crippen molar-refractivity contribution in [3.8, 4) is 5.75 Å². The van der Waals surface area contributed by atoms with Gasteiger partial charge in [-0.05, 0) is 30.5 Å². The van der Waals surface area contributed by atoms with Gasteiger partial charge in [-0.25, -0.2) is 9.78 Å². The van der Waals surface area contributed by atoms with E-state index in [9.17, 15) is 4.79 Å². The van der Waals surface area contributed by atoms with E-state index in [2.05, 4.69) is 4.98 Å². The number of piperidine rings is 1. The second-order valence-electron chi connectivity index (χ2n) is 6.69. The molecule has 0 aliphatic carbocycles. The maximum atomic E-state index is 12.3. The molecule has 0 spiro atoms. The van der Waals surface area contributed by atoms with Gasteiger partial charge in [0.25, 0.3) is 0 Å². The van der Waals surface area contributed by atoms with E-state index in [4.69, 9.17) is 13.9 Å². The van der Waals surface area contributed by atoms with Crippen molar-refractivity contribution in [2.24, 2.45) is 0 Å². The van der Waals surface area contributed by atoms with Gasteiger partial charge < -0.3 is 18.8 Å². The zero-order chi connectivity index (χ0) is 18.6. The van der Waals surface area contributed by atoms with E-state index in [0.717, 1.165) is 41.1 Å². The van der Waals surface area contributed by atoms with E-state index in [-0.39, 0.29) is 12.0 Å². The van der Waals surface area contributed by atoms with Crippen LogP contribution in [0.1, 0.15) is 30.2 Å². The summed E-state index contributed by atoms with van der Waals surface area (Å²) in [5.41, 5.74) is 2.55. The van der Waals surface area contributed by atoms with Gasteiger partial charge in [-0.1, -0.05) is 30.3 Å². The second kappa shape index (κ2) is 7.70. The molecular formula is C21H22N2O4. The quantitative estimate of drug-likeness (QED) is 0.687. The number of carbonyl (C=O) groups is 1. The topological polar surface area (TPSA) is 64.8 Å². The van der Waals surface area contributed by atoms with Crippen molar-refractivity contribution in [2.75, 3.05) is 20.2 Å². The van der Waals surface area contributed by atoms with Crippen LogP contribution in [-0.4, -0.2) is 36.2 Å². The summed E-state index contributed by atoms with van der Waals surface area (Å²) in [6, 6.07) is 15.3. The summed E-state index contributed by atoms with van der Waals surface area (Å²) in [6.45, 7) is 1.58. The summed E-state index contributed by atoms with van der Waals surface area (Å²) >= 11 is 0. The average Bonchev–Trinajstić information content (AvgIpc) is 3.16. The number of hydrogen-bond donors (Lipinski definition) is 0. The molecule has 0 unspecified atom stereocenters. The molecule has 0 N–H and O–H groups in total. The third-order valence-corrected chi connectivity index (χ3v) is 4.92. The Morgan fingerprint density at radius 1 is 1.19 bits per heavy atom. The lowest BCUT2D eigenvalue weighted by molar-refractivity contribution is 0.0857. The Labute approximate surface area is 157 Å². The molecule has 2 aromatic carbocycles. The summed E-state index contributed by atoms with van der Waals surface area (Å²) in [5, 5.41) is 0. The molecule has 4 rings (SSSR count). The minimum atomic E-state index is -0.264. The first-order chi connectivity index (χ1) is 13.2. The molecule has 1 aromatic heterocycles. The van der Waals surface area contributed by atoms with Crippen LogP contribution in [0.4, 0.5) is 4.79 Å². The summed E-state index contributed by atoms with van der Waals surface area (Å²) in [5.74, 6) is 1.69. The number of nitrogens with zero attached hydrogens (tertiary/aromatic N) is 2. The fourth-order valence-electron chi connectivity index (χ4n) is 3.34.